The van der Waals surface area contributed by atoms with Gasteiger partial charge in [-0.15, -0.1) is 0 Å². The van der Waals surface area contributed by atoms with Crippen molar-refractivity contribution in [3.8, 4) is 5.75 Å². The summed E-state index contributed by atoms with van der Waals surface area (Å²) >= 11 is 0. The van der Waals surface area contributed by atoms with Gasteiger partial charge in [-0.2, -0.15) is 0 Å². The lowest BCUT2D eigenvalue weighted by molar-refractivity contribution is 0.228. The number of aryl methyl sites for hydroxylation is 1. The van der Waals surface area contributed by atoms with Crippen LogP contribution in [0.4, 0.5) is 0 Å². The molecule has 0 aliphatic carbocycles. The van der Waals surface area contributed by atoms with Crippen LogP contribution in [-0.2, 0) is 0 Å². The summed E-state index contributed by atoms with van der Waals surface area (Å²) in [5, 5.41) is 3.48. The Labute approximate surface area is 109 Å². The molecular weight excluding hydrogens is 224 g/mol. The van der Waals surface area contributed by atoms with Crippen molar-refractivity contribution in [3.05, 3.63) is 29.8 Å². The Balaban J connectivity index is 1.43. The summed E-state index contributed by atoms with van der Waals surface area (Å²) in [6.07, 6.45) is 0. The van der Waals surface area contributed by atoms with Crippen molar-refractivity contribution in [2.75, 3.05) is 39.3 Å². The van der Waals surface area contributed by atoms with E-state index in [1.165, 1.54) is 31.7 Å². The lowest BCUT2D eigenvalue weighted by Gasteiger charge is -2.17. The second-order valence-corrected chi connectivity index (χ2v) is 5.60. The van der Waals surface area contributed by atoms with Crippen molar-refractivity contribution in [2.45, 2.75) is 6.92 Å². The van der Waals surface area contributed by atoms with E-state index in [1.54, 1.807) is 0 Å². The fourth-order valence-electron chi connectivity index (χ4n) is 3.13. The molecule has 0 bridgehead atoms. The highest BCUT2D eigenvalue weighted by Gasteiger charge is 2.35. The predicted octanol–water partition coefficient (Wildman–Crippen LogP) is 1.53. The van der Waals surface area contributed by atoms with E-state index >= 15 is 0 Å². The molecule has 2 aliphatic rings. The minimum atomic E-state index is 0.802. The van der Waals surface area contributed by atoms with Crippen LogP contribution < -0.4 is 10.1 Å². The summed E-state index contributed by atoms with van der Waals surface area (Å²) in [6.45, 7) is 8.86. The first kappa shape index (κ1) is 12.0. The Morgan fingerprint density at radius 2 is 2.06 bits per heavy atom. The summed E-state index contributed by atoms with van der Waals surface area (Å²) < 4.78 is 5.81. The van der Waals surface area contributed by atoms with Gasteiger partial charge in [-0.3, -0.25) is 4.90 Å². The number of ether oxygens (including phenoxy) is 1. The molecule has 0 aromatic heterocycles. The molecule has 0 saturated carbocycles. The van der Waals surface area contributed by atoms with Crippen LogP contribution in [-0.4, -0.2) is 44.2 Å². The molecule has 1 aromatic carbocycles. The zero-order chi connectivity index (χ0) is 12.4. The number of benzene rings is 1. The topological polar surface area (TPSA) is 24.5 Å². The first-order valence-electron chi connectivity index (χ1n) is 6.94. The normalized spacial score (nSPS) is 27.4. The fraction of sp³-hybridized carbons (Fsp3) is 0.600. The average Bonchev–Trinajstić information content (AvgIpc) is 2.89. The van der Waals surface area contributed by atoms with E-state index in [2.05, 4.69) is 35.3 Å². The second-order valence-electron chi connectivity index (χ2n) is 5.60. The van der Waals surface area contributed by atoms with E-state index in [1.807, 2.05) is 6.07 Å². The molecule has 2 saturated heterocycles. The minimum absolute atomic E-state index is 0.802. The van der Waals surface area contributed by atoms with Crippen LogP contribution in [0.3, 0.4) is 0 Å². The van der Waals surface area contributed by atoms with Gasteiger partial charge >= 0.3 is 0 Å². The number of likely N-dealkylation sites (tertiary alicyclic amines) is 1. The van der Waals surface area contributed by atoms with Gasteiger partial charge in [0.05, 0.1) is 0 Å². The molecule has 0 unspecified atom stereocenters. The van der Waals surface area contributed by atoms with Gasteiger partial charge in [-0.1, -0.05) is 12.1 Å². The van der Waals surface area contributed by atoms with E-state index in [9.17, 15) is 0 Å². The van der Waals surface area contributed by atoms with Gasteiger partial charge < -0.3 is 10.1 Å². The highest BCUT2D eigenvalue weighted by Crippen LogP contribution is 2.25. The van der Waals surface area contributed by atoms with Gasteiger partial charge in [0.15, 0.2) is 0 Å². The van der Waals surface area contributed by atoms with Crippen LogP contribution in [0.2, 0.25) is 0 Å². The highest BCUT2D eigenvalue weighted by molar-refractivity contribution is 5.27. The maximum atomic E-state index is 5.81. The monoisotopic (exact) mass is 246 g/mol. The maximum Gasteiger partial charge on any atom is 0.119 e. The van der Waals surface area contributed by atoms with Crippen LogP contribution in [0.25, 0.3) is 0 Å². The van der Waals surface area contributed by atoms with Gasteiger partial charge in [0.25, 0.3) is 0 Å². The fourth-order valence-corrected chi connectivity index (χ4v) is 3.13. The van der Waals surface area contributed by atoms with Crippen LogP contribution in [0.1, 0.15) is 5.56 Å². The van der Waals surface area contributed by atoms with Crippen molar-refractivity contribution in [2.24, 2.45) is 11.8 Å². The first-order valence-corrected chi connectivity index (χ1v) is 6.94. The Morgan fingerprint density at radius 1 is 1.28 bits per heavy atom. The van der Waals surface area contributed by atoms with E-state index in [-0.39, 0.29) is 0 Å². The first-order chi connectivity index (χ1) is 8.81. The molecule has 98 valence electrons. The lowest BCUT2D eigenvalue weighted by atomic mass is 10.0. The Bertz CT molecular complexity index is 395. The van der Waals surface area contributed by atoms with Gasteiger partial charge in [0, 0.05) is 19.6 Å². The minimum Gasteiger partial charge on any atom is -0.492 e. The molecule has 0 amide bonds. The van der Waals surface area contributed by atoms with Gasteiger partial charge in [-0.05, 0) is 49.5 Å². The Morgan fingerprint density at radius 3 is 2.78 bits per heavy atom. The third-order valence-corrected chi connectivity index (χ3v) is 4.13. The van der Waals surface area contributed by atoms with Crippen LogP contribution >= 0.6 is 0 Å². The SMILES string of the molecule is Cc1cccc(OCCN2C[C@H]3CNC[C@H]3C2)c1. The van der Waals surface area contributed by atoms with Crippen LogP contribution in [0.5, 0.6) is 5.75 Å². The van der Waals surface area contributed by atoms with Gasteiger partial charge in [0.2, 0.25) is 0 Å². The highest BCUT2D eigenvalue weighted by atomic mass is 16.5. The average molecular weight is 246 g/mol. The van der Waals surface area contributed by atoms with Crippen molar-refractivity contribution in [1.29, 1.82) is 0 Å². The van der Waals surface area contributed by atoms with Crippen molar-refractivity contribution >= 4 is 0 Å². The van der Waals surface area contributed by atoms with Crippen molar-refractivity contribution in [3.63, 3.8) is 0 Å². The number of nitrogens with one attached hydrogen (secondary N) is 1. The summed E-state index contributed by atoms with van der Waals surface area (Å²) in [6, 6.07) is 8.29. The summed E-state index contributed by atoms with van der Waals surface area (Å²) in [7, 11) is 0. The molecule has 3 heteroatoms. The molecule has 3 nitrogen and oxygen atoms in total. The van der Waals surface area contributed by atoms with Crippen LogP contribution in [0, 0.1) is 18.8 Å². The molecule has 0 spiro atoms. The van der Waals surface area contributed by atoms with E-state index < -0.39 is 0 Å². The standard InChI is InChI=1S/C15H22N2O/c1-12-3-2-4-15(7-12)18-6-5-17-10-13-8-16-9-14(13)11-17/h2-4,7,13-14,16H,5-6,8-11H2,1H3/t13-,14+. The molecule has 1 aromatic rings. The Kier molecular flexibility index (Phi) is 3.52. The van der Waals surface area contributed by atoms with Gasteiger partial charge in [0.1, 0.15) is 12.4 Å². The van der Waals surface area contributed by atoms with E-state index in [4.69, 9.17) is 4.74 Å². The van der Waals surface area contributed by atoms with E-state index in [0.717, 1.165) is 30.7 Å². The molecule has 1 N–H and O–H groups in total. The predicted molar refractivity (Wildman–Crippen MR) is 73.0 cm³/mol. The summed E-state index contributed by atoms with van der Waals surface area (Å²) in [5.74, 6) is 2.75. The van der Waals surface area contributed by atoms with Crippen molar-refractivity contribution < 1.29 is 4.74 Å². The molecule has 0 radical (unpaired) electrons. The molecule has 3 rings (SSSR count). The molecule has 18 heavy (non-hydrogen) atoms. The zero-order valence-corrected chi connectivity index (χ0v) is 11.1. The summed E-state index contributed by atoms with van der Waals surface area (Å²) in [5.41, 5.74) is 1.26. The van der Waals surface area contributed by atoms with Crippen molar-refractivity contribution in [1.82, 2.24) is 10.2 Å². The summed E-state index contributed by atoms with van der Waals surface area (Å²) in [4.78, 5) is 2.55. The third-order valence-electron chi connectivity index (χ3n) is 4.13. The quantitative estimate of drug-likeness (QED) is 0.872. The number of nitrogens with zero attached hydrogens (tertiary/aromatic N) is 1. The smallest absolute Gasteiger partial charge is 0.119 e. The number of hydrogen-bond acceptors (Lipinski definition) is 3. The molecular formula is C15H22N2O. The second kappa shape index (κ2) is 5.29. The maximum absolute atomic E-state index is 5.81. The van der Waals surface area contributed by atoms with Gasteiger partial charge in [-0.25, -0.2) is 0 Å². The lowest BCUT2D eigenvalue weighted by Crippen LogP contribution is -2.29. The number of fused-ring (bicyclic) bond motifs is 1. The molecule has 2 atom stereocenters. The molecule has 2 aliphatic heterocycles. The number of rotatable bonds is 4. The van der Waals surface area contributed by atoms with Crippen LogP contribution in [0.15, 0.2) is 24.3 Å². The number of hydrogen-bond donors (Lipinski definition) is 1. The molecule has 2 heterocycles. The third kappa shape index (κ3) is 2.68. The molecule has 2 fully saturated rings. The largest absolute Gasteiger partial charge is 0.492 e. The Hall–Kier alpha value is -1.06. The zero-order valence-electron chi connectivity index (χ0n) is 11.1. The van der Waals surface area contributed by atoms with E-state index in [0.29, 0.717) is 0 Å².